The van der Waals surface area contributed by atoms with E-state index in [9.17, 15) is 4.79 Å². The van der Waals surface area contributed by atoms with E-state index in [0.717, 1.165) is 6.42 Å². The van der Waals surface area contributed by atoms with E-state index in [1.165, 1.54) is 123 Å². The van der Waals surface area contributed by atoms with Crippen molar-refractivity contribution < 1.29 is 9.53 Å². The Morgan fingerprint density at radius 1 is 0.519 bits per heavy atom. The Hall–Kier alpha value is 1.47. The second-order valence-electron chi connectivity index (χ2n) is 7.69. The molecule has 0 bridgehead atoms. The number of ether oxygens (including phenoxy) is 1. The average molecular weight is 401 g/mol. The summed E-state index contributed by atoms with van der Waals surface area (Å²) in [5, 5.41) is 0. The fraction of sp³-hybridized carbons (Fsp3) is 0.957. The first-order chi connectivity index (χ1) is 12.3. The van der Waals surface area contributed by atoms with Gasteiger partial charge in [0.15, 0.2) is 0 Å². The standard InChI is InChI=1S/C23H46O2.2Na/c1-3-4-5-6-7-8-9-10-11-12-13-14-15-16-17-18-19-20-21-22-23(24)25-2;;/h3-22H2,1-2H3;;. The molecule has 27 heavy (non-hydrogen) atoms. The summed E-state index contributed by atoms with van der Waals surface area (Å²) in [5.41, 5.74) is 0. The molecule has 0 aromatic carbocycles. The monoisotopic (exact) mass is 400 g/mol. The van der Waals surface area contributed by atoms with Crippen molar-refractivity contribution in [3.63, 3.8) is 0 Å². The Balaban J connectivity index is -0.00000288. The Labute approximate surface area is 215 Å². The van der Waals surface area contributed by atoms with Gasteiger partial charge in [0.2, 0.25) is 0 Å². The van der Waals surface area contributed by atoms with Crippen LogP contribution in [0.1, 0.15) is 135 Å². The number of esters is 1. The number of hydrogen-bond donors (Lipinski definition) is 0. The minimum absolute atomic E-state index is 0. The number of methoxy groups -OCH3 is 1. The maximum absolute atomic E-state index is 11.0. The number of unbranched alkanes of at least 4 members (excludes halogenated alkanes) is 18. The van der Waals surface area contributed by atoms with Crippen molar-refractivity contribution in [1.82, 2.24) is 0 Å². The Kier molecular flexibility index (Phi) is 36.4. The van der Waals surface area contributed by atoms with Crippen LogP contribution in [0, 0.1) is 0 Å². The van der Waals surface area contributed by atoms with E-state index in [4.69, 9.17) is 0 Å². The molecule has 0 amide bonds. The van der Waals surface area contributed by atoms with Gasteiger partial charge in [0, 0.05) is 65.5 Å². The molecule has 2 radical (unpaired) electrons. The zero-order valence-electron chi connectivity index (χ0n) is 19.5. The van der Waals surface area contributed by atoms with E-state index in [-0.39, 0.29) is 65.1 Å². The Bertz CT molecular complexity index is 273. The maximum Gasteiger partial charge on any atom is 0.305 e. The minimum atomic E-state index is -0.0630. The second-order valence-corrected chi connectivity index (χ2v) is 7.69. The number of carbonyl (C=O) groups is 1. The molecule has 0 aliphatic rings. The number of carbonyl (C=O) groups excluding carboxylic acids is 1. The third-order valence-electron chi connectivity index (χ3n) is 5.21. The molecule has 0 fully saturated rings. The van der Waals surface area contributed by atoms with Gasteiger partial charge in [0.05, 0.1) is 7.11 Å². The molecule has 0 spiro atoms. The van der Waals surface area contributed by atoms with Crippen LogP contribution in [0.2, 0.25) is 0 Å². The van der Waals surface area contributed by atoms with Crippen LogP contribution in [0.4, 0.5) is 0 Å². The first-order valence-electron chi connectivity index (χ1n) is 11.4. The van der Waals surface area contributed by atoms with Crippen LogP contribution in [-0.4, -0.2) is 72.2 Å². The molecule has 0 rings (SSSR count). The van der Waals surface area contributed by atoms with Crippen LogP contribution in [0.3, 0.4) is 0 Å². The zero-order chi connectivity index (χ0) is 18.4. The van der Waals surface area contributed by atoms with Crippen molar-refractivity contribution in [2.75, 3.05) is 7.11 Å². The fourth-order valence-electron chi connectivity index (χ4n) is 3.45. The largest absolute Gasteiger partial charge is 0.469 e. The molecule has 0 aromatic rings. The first-order valence-corrected chi connectivity index (χ1v) is 11.4. The molecule has 2 nitrogen and oxygen atoms in total. The van der Waals surface area contributed by atoms with Gasteiger partial charge in [-0.3, -0.25) is 4.79 Å². The predicted octanol–water partition coefficient (Wildman–Crippen LogP) is 7.22. The van der Waals surface area contributed by atoms with Crippen molar-refractivity contribution in [3.8, 4) is 0 Å². The molecule has 0 aliphatic heterocycles. The van der Waals surface area contributed by atoms with Gasteiger partial charge in [-0.15, -0.1) is 0 Å². The summed E-state index contributed by atoms with van der Waals surface area (Å²) in [4.78, 5) is 11.0. The van der Waals surface area contributed by atoms with E-state index in [1.54, 1.807) is 0 Å². The second kappa shape index (κ2) is 29.7. The van der Waals surface area contributed by atoms with Gasteiger partial charge >= 0.3 is 5.97 Å². The smallest absolute Gasteiger partial charge is 0.305 e. The Morgan fingerprint density at radius 3 is 1.04 bits per heavy atom. The summed E-state index contributed by atoms with van der Waals surface area (Å²) >= 11 is 0. The molecule has 0 N–H and O–H groups in total. The van der Waals surface area contributed by atoms with Crippen molar-refractivity contribution >= 4 is 65.1 Å². The topological polar surface area (TPSA) is 26.3 Å². The van der Waals surface area contributed by atoms with E-state index >= 15 is 0 Å². The first kappa shape index (κ1) is 33.1. The molecule has 0 heterocycles. The quantitative estimate of drug-likeness (QED) is 0.122. The van der Waals surface area contributed by atoms with Crippen LogP contribution in [0.15, 0.2) is 0 Å². The van der Waals surface area contributed by atoms with Crippen LogP contribution in [0.5, 0.6) is 0 Å². The van der Waals surface area contributed by atoms with Gasteiger partial charge in [0.1, 0.15) is 0 Å². The maximum atomic E-state index is 11.0. The summed E-state index contributed by atoms with van der Waals surface area (Å²) in [7, 11) is 1.47. The third kappa shape index (κ3) is 29.8. The van der Waals surface area contributed by atoms with Crippen LogP contribution in [-0.2, 0) is 9.53 Å². The summed E-state index contributed by atoms with van der Waals surface area (Å²) < 4.78 is 4.65. The van der Waals surface area contributed by atoms with Crippen molar-refractivity contribution in [2.45, 2.75) is 135 Å². The van der Waals surface area contributed by atoms with Gasteiger partial charge in [-0.05, 0) is 6.42 Å². The van der Waals surface area contributed by atoms with Crippen molar-refractivity contribution in [2.24, 2.45) is 0 Å². The third-order valence-corrected chi connectivity index (χ3v) is 5.21. The zero-order valence-corrected chi connectivity index (χ0v) is 23.5. The van der Waals surface area contributed by atoms with E-state index in [0.29, 0.717) is 6.42 Å². The summed E-state index contributed by atoms with van der Waals surface area (Å²) in [6.07, 6.45) is 26.9. The minimum Gasteiger partial charge on any atom is -0.469 e. The molecule has 0 saturated carbocycles. The van der Waals surface area contributed by atoms with Crippen LogP contribution in [0.25, 0.3) is 0 Å². The van der Waals surface area contributed by atoms with E-state index in [2.05, 4.69) is 11.7 Å². The molecule has 0 aliphatic carbocycles. The van der Waals surface area contributed by atoms with E-state index < -0.39 is 0 Å². The SMILES string of the molecule is CCCCCCCCCCCCCCCCCCCCCC(=O)OC.[Na].[Na]. The molecular weight excluding hydrogens is 354 g/mol. The molecule has 0 aromatic heterocycles. The molecule has 0 unspecified atom stereocenters. The van der Waals surface area contributed by atoms with Gasteiger partial charge in [-0.1, -0.05) is 122 Å². The van der Waals surface area contributed by atoms with Crippen LogP contribution < -0.4 is 0 Å². The summed E-state index contributed by atoms with van der Waals surface area (Å²) in [6.45, 7) is 2.29. The average Bonchev–Trinajstić information content (AvgIpc) is 2.63. The molecule has 4 heteroatoms. The van der Waals surface area contributed by atoms with Gasteiger partial charge in [-0.25, -0.2) is 0 Å². The predicted molar refractivity (Wildman–Crippen MR) is 122 cm³/mol. The normalized spacial score (nSPS) is 10.1. The van der Waals surface area contributed by atoms with Crippen molar-refractivity contribution in [1.29, 1.82) is 0 Å². The van der Waals surface area contributed by atoms with E-state index in [1.807, 2.05) is 0 Å². The van der Waals surface area contributed by atoms with Crippen LogP contribution >= 0.6 is 0 Å². The molecule has 0 saturated heterocycles. The summed E-state index contributed by atoms with van der Waals surface area (Å²) in [6, 6.07) is 0. The summed E-state index contributed by atoms with van der Waals surface area (Å²) in [5.74, 6) is -0.0630. The molecular formula is C23H46Na2O2. The fourth-order valence-corrected chi connectivity index (χ4v) is 3.45. The van der Waals surface area contributed by atoms with Gasteiger partial charge < -0.3 is 4.74 Å². The number of rotatable bonds is 20. The van der Waals surface area contributed by atoms with Gasteiger partial charge in [0.25, 0.3) is 0 Å². The molecule has 152 valence electrons. The molecule has 0 atom stereocenters. The number of hydrogen-bond acceptors (Lipinski definition) is 2. The van der Waals surface area contributed by atoms with Gasteiger partial charge in [-0.2, -0.15) is 0 Å². The Morgan fingerprint density at radius 2 is 0.778 bits per heavy atom. The van der Waals surface area contributed by atoms with Crippen molar-refractivity contribution in [3.05, 3.63) is 0 Å².